The standard InChI is InChI=1S/C21H27N3O11S2/c1-4-34-19(28)13(22-20(29)35-10-12-8-6-5-7-9-12)11-36(30,31)23-14-16(25)24-15(18(26)27)21(2,3)37(32,33)17(14)24/h5-9,13-15,17,23H,4,10-11H2,1-3H3,(H,22,29)(H,26,27)/t13?,14-,15?,17?/m1/s1. The van der Waals surface area contributed by atoms with Gasteiger partial charge in [0.25, 0.3) is 0 Å². The molecule has 0 radical (unpaired) electrons. The van der Waals surface area contributed by atoms with E-state index in [-0.39, 0.29) is 13.2 Å². The highest BCUT2D eigenvalue weighted by atomic mass is 32.2. The number of nitrogens with one attached hydrogen (secondary N) is 2. The molecule has 1 aromatic rings. The van der Waals surface area contributed by atoms with Gasteiger partial charge in [0.15, 0.2) is 15.2 Å². The van der Waals surface area contributed by atoms with E-state index in [0.29, 0.717) is 10.5 Å². The Labute approximate surface area is 213 Å². The second-order valence-electron chi connectivity index (χ2n) is 8.91. The van der Waals surface area contributed by atoms with Gasteiger partial charge in [-0.2, -0.15) is 4.72 Å². The Morgan fingerprint density at radius 2 is 1.78 bits per heavy atom. The van der Waals surface area contributed by atoms with Gasteiger partial charge in [-0.15, -0.1) is 0 Å². The molecule has 3 rings (SSSR count). The largest absolute Gasteiger partial charge is 0.480 e. The predicted molar refractivity (Wildman–Crippen MR) is 126 cm³/mol. The smallest absolute Gasteiger partial charge is 0.408 e. The molecule has 14 nitrogen and oxygen atoms in total. The molecule has 1 aromatic carbocycles. The molecule has 3 unspecified atom stereocenters. The molecule has 2 amide bonds. The number of rotatable bonds is 10. The highest BCUT2D eigenvalue weighted by Gasteiger charge is 2.72. The molecule has 0 bridgehead atoms. The third-order valence-electron chi connectivity index (χ3n) is 6.07. The minimum absolute atomic E-state index is 0.133. The third-order valence-corrected chi connectivity index (χ3v) is 10.3. The normalized spacial score (nSPS) is 24.4. The molecule has 2 aliphatic rings. The summed E-state index contributed by atoms with van der Waals surface area (Å²) in [7, 11) is -8.90. The van der Waals surface area contributed by atoms with Gasteiger partial charge in [-0.05, 0) is 26.3 Å². The number of alkyl carbamates (subject to hydrolysis) is 1. The lowest BCUT2D eigenvalue weighted by Crippen LogP contribution is -2.72. The minimum atomic E-state index is -4.59. The van der Waals surface area contributed by atoms with Crippen LogP contribution in [0.25, 0.3) is 0 Å². The van der Waals surface area contributed by atoms with Crippen LogP contribution in [0.2, 0.25) is 0 Å². The van der Waals surface area contributed by atoms with Crippen molar-refractivity contribution in [2.24, 2.45) is 0 Å². The van der Waals surface area contributed by atoms with Gasteiger partial charge in [-0.25, -0.2) is 31.2 Å². The van der Waals surface area contributed by atoms with Gasteiger partial charge in [0.1, 0.15) is 29.5 Å². The lowest BCUT2D eigenvalue weighted by Gasteiger charge is -2.42. The zero-order chi connectivity index (χ0) is 27.8. The number of amides is 2. The fraction of sp³-hybridized carbons (Fsp3) is 0.524. The van der Waals surface area contributed by atoms with Crippen LogP contribution >= 0.6 is 0 Å². The van der Waals surface area contributed by atoms with E-state index in [1.165, 1.54) is 6.92 Å². The van der Waals surface area contributed by atoms with Crippen molar-refractivity contribution in [2.75, 3.05) is 12.4 Å². The summed E-state index contributed by atoms with van der Waals surface area (Å²) in [6, 6.07) is 3.27. The summed E-state index contributed by atoms with van der Waals surface area (Å²) in [5.74, 6) is -4.80. The number of β-lactam (4-membered cyclic amide) rings is 1. The molecule has 0 spiro atoms. The molecule has 3 N–H and O–H groups in total. The van der Waals surface area contributed by atoms with Crippen LogP contribution in [0, 0.1) is 0 Å². The Balaban J connectivity index is 1.73. The zero-order valence-corrected chi connectivity index (χ0v) is 21.7. The lowest BCUT2D eigenvalue weighted by molar-refractivity contribution is -0.159. The van der Waals surface area contributed by atoms with Crippen LogP contribution in [0.4, 0.5) is 4.79 Å². The number of aliphatic carboxylic acids is 1. The van der Waals surface area contributed by atoms with Crippen LogP contribution in [0.3, 0.4) is 0 Å². The van der Waals surface area contributed by atoms with Crippen molar-refractivity contribution in [1.82, 2.24) is 14.9 Å². The number of carbonyl (C=O) groups is 4. The van der Waals surface area contributed by atoms with E-state index in [9.17, 15) is 41.1 Å². The maximum atomic E-state index is 12.9. The predicted octanol–water partition coefficient (Wildman–Crippen LogP) is -1.04. The highest BCUT2D eigenvalue weighted by Crippen LogP contribution is 2.46. The number of carboxylic acid groups (broad SMARTS) is 1. The summed E-state index contributed by atoms with van der Waals surface area (Å²) >= 11 is 0. The van der Waals surface area contributed by atoms with Crippen LogP contribution in [0.5, 0.6) is 0 Å². The van der Waals surface area contributed by atoms with Gasteiger partial charge in [0, 0.05) is 0 Å². The molecule has 2 fully saturated rings. The van der Waals surface area contributed by atoms with Crippen molar-refractivity contribution in [3.8, 4) is 0 Å². The van der Waals surface area contributed by atoms with Gasteiger partial charge < -0.3 is 24.8 Å². The second-order valence-corrected chi connectivity index (χ2v) is 13.3. The van der Waals surface area contributed by atoms with Gasteiger partial charge in [0.2, 0.25) is 15.9 Å². The monoisotopic (exact) mass is 561 g/mol. The summed E-state index contributed by atoms with van der Waals surface area (Å²) in [5, 5.41) is 9.83. The molecule has 37 heavy (non-hydrogen) atoms. The molecular formula is C21H27N3O11S2. The van der Waals surface area contributed by atoms with E-state index in [1.54, 1.807) is 30.3 Å². The number of esters is 1. The van der Waals surface area contributed by atoms with E-state index in [0.717, 1.165) is 13.8 Å². The number of sulfone groups is 1. The van der Waals surface area contributed by atoms with Crippen molar-refractivity contribution in [1.29, 1.82) is 0 Å². The highest BCUT2D eigenvalue weighted by molar-refractivity contribution is 7.94. The average molecular weight is 562 g/mol. The number of fused-ring (bicyclic) bond motifs is 1. The molecule has 16 heteroatoms. The summed E-state index contributed by atoms with van der Waals surface area (Å²) in [5.41, 5.74) is 0.632. The average Bonchev–Trinajstić information content (AvgIpc) is 2.96. The number of carbonyl (C=O) groups excluding carboxylic acids is 3. The maximum Gasteiger partial charge on any atom is 0.408 e. The summed E-state index contributed by atoms with van der Waals surface area (Å²) < 4.78 is 61.4. The van der Waals surface area contributed by atoms with Crippen LogP contribution in [-0.4, -0.2) is 91.4 Å². The Morgan fingerprint density at radius 3 is 2.35 bits per heavy atom. The number of hydrogen-bond donors (Lipinski definition) is 3. The van der Waals surface area contributed by atoms with Crippen LogP contribution in [-0.2, 0) is 50.3 Å². The van der Waals surface area contributed by atoms with E-state index in [1.807, 2.05) is 4.72 Å². The molecule has 2 aliphatic heterocycles. The Morgan fingerprint density at radius 1 is 1.16 bits per heavy atom. The van der Waals surface area contributed by atoms with Gasteiger partial charge in [-0.1, -0.05) is 30.3 Å². The van der Waals surface area contributed by atoms with Gasteiger partial charge in [0.05, 0.1) is 12.4 Å². The Kier molecular flexibility index (Phi) is 7.85. The summed E-state index contributed by atoms with van der Waals surface area (Å²) in [6.07, 6.45) is -1.12. The van der Waals surface area contributed by atoms with Crippen molar-refractivity contribution in [3.05, 3.63) is 35.9 Å². The first-order valence-electron chi connectivity index (χ1n) is 11.1. The van der Waals surface area contributed by atoms with E-state index >= 15 is 0 Å². The number of hydrogen-bond acceptors (Lipinski definition) is 10. The zero-order valence-electron chi connectivity index (χ0n) is 20.1. The van der Waals surface area contributed by atoms with Gasteiger partial charge in [-0.3, -0.25) is 4.79 Å². The van der Waals surface area contributed by atoms with Crippen molar-refractivity contribution in [3.63, 3.8) is 0 Å². The summed E-state index contributed by atoms with van der Waals surface area (Å²) in [4.78, 5) is 49.4. The molecule has 0 aliphatic carbocycles. The van der Waals surface area contributed by atoms with Crippen LogP contribution in [0.1, 0.15) is 26.3 Å². The molecule has 204 valence electrons. The Hall–Kier alpha value is -3.24. The fourth-order valence-corrected chi connectivity index (χ4v) is 7.87. The molecule has 2 saturated heterocycles. The number of sulfonamides is 1. The Bertz CT molecular complexity index is 1300. The molecular weight excluding hydrogens is 534 g/mol. The fourth-order valence-electron chi connectivity index (χ4n) is 4.20. The topological polar surface area (TPSA) is 203 Å². The number of ether oxygens (including phenoxy) is 2. The number of benzene rings is 1. The maximum absolute atomic E-state index is 12.9. The van der Waals surface area contributed by atoms with Crippen molar-refractivity contribution in [2.45, 2.75) is 55.6 Å². The lowest BCUT2D eigenvalue weighted by atomic mass is 9.96. The van der Waals surface area contributed by atoms with E-state index < -0.39 is 77.8 Å². The summed E-state index contributed by atoms with van der Waals surface area (Å²) in [6.45, 7) is 3.44. The molecule has 0 aromatic heterocycles. The van der Waals surface area contributed by atoms with Crippen molar-refractivity contribution >= 4 is 43.8 Å². The number of nitrogens with zero attached hydrogens (tertiary/aromatic N) is 1. The van der Waals surface area contributed by atoms with E-state index in [4.69, 9.17) is 9.47 Å². The van der Waals surface area contributed by atoms with E-state index in [2.05, 4.69) is 5.32 Å². The first-order valence-corrected chi connectivity index (χ1v) is 14.3. The quantitative estimate of drug-likeness (QED) is 0.233. The first-order chi connectivity index (χ1) is 17.1. The molecule has 2 heterocycles. The first kappa shape index (κ1) is 28.3. The molecule has 0 saturated carbocycles. The second kappa shape index (κ2) is 10.3. The minimum Gasteiger partial charge on any atom is -0.480 e. The van der Waals surface area contributed by atoms with Crippen molar-refractivity contribution < 1.29 is 50.6 Å². The SMILES string of the molecule is CCOC(=O)C(CS(=O)(=O)N[C@@H]1C(=O)N2C(C(=O)O)C(C)(C)S(=O)(=O)C12)NC(=O)OCc1ccccc1. The van der Waals surface area contributed by atoms with Crippen LogP contribution in [0.15, 0.2) is 30.3 Å². The van der Waals surface area contributed by atoms with Crippen LogP contribution < -0.4 is 10.0 Å². The number of carboxylic acids is 1. The third kappa shape index (κ3) is 5.40. The molecule has 4 atom stereocenters. The van der Waals surface area contributed by atoms with Gasteiger partial charge >= 0.3 is 18.0 Å².